The van der Waals surface area contributed by atoms with E-state index < -0.39 is 10.0 Å². The highest BCUT2D eigenvalue weighted by molar-refractivity contribution is 7.89. The second-order valence-electron chi connectivity index (χ2n) is 7.15. The zero-order valence-corrected chi connectivity index (χ0v) is 17.6. The molecule has 0 bridgehead atoms. The largest absolute Gasteiger partial charge is 0.379 e. The number of benzene rings is 1. The minimum absolute atomic E-state index is 0.149. The maximum atomic E-state index is 13.2. The van der Waals surface area contributed by atoms with Crippen molar-refractivity contribution in [3.63, 3.8) is 0 Å². The minimum atomic E-state index is -3.66. The van der Waals surface area contributed by atoms with Gasteiger partial charge < -0.3 is 9.26 Å². The molecule has 28 heavy (non-hydrogen) atoms. The summed E-state index contributed by atoms with van der Waals surface area (Å²) in [6.07, 6.45) is 1.35. The van der Waals surface area contributed by atoms with Crippen LogP contribution in [-0.2, 0) is 21.2 Å². The summed E-state index contributed by atoms with van der Waals surface area (Å²) in [5, 5.41) is 3.90. The van der Waals surface area contributed by atoms with Crippen LogP contribution in [0.15, 0.2) is 33.7 Å². The highest BCUT2D eigenvalue weighted by Gasteiger charge is 2.25. The van der Waals surface area contributed by atoms with Gasteiger partial charge in [0.25, 0.3) is 0 Å². The Morgan fingerprint density at radius 3 is 2.57 bits per heavy atom. The lowest BCUT2D eigenvalue weighted by molar-refractivity contribution is 0.0344. The third-order valence-corrected chi connectivity index (χ3v) is 6.65. The van der Waals surface area contributed by atoms with Gasteiger partial charge in [-0.05, 0) is 31.4 Å². The summed E-state index contributed by atoms with van der Waals surface area (Å²) >= 11 is 0. The van der Waals surface area contributed by atoms with Gasteiger partial charge in [0.15, 0.2) is 5.76 Å². The number of rotatable bonds is 8. The number of aryl methyl sites for hydroxylation is 2. The molecule has 1 aromatic carbocycles. The highest BCUT2D eigenvalue weighted by atomic mass is 32.2. The van der Waals surface area contributed by atoms with Gasteiger partial charge in [0.2, 0.25) is 10.0 Å². The molecule has 154 valence electrons. The van der Waals surface area contributed by atoms with Gasteiger partial charge in [0.05, 0.1) is 23.8 Å². The molecule has 3 rings (SSSR count). The van der Waals surface area contributed by atoms with Gasteiger partial charge in [-0.15, -0.1) is 0 Å². The molecule has 2 heterocycles. The van der Waals surface area contributed by atoms with Crippen LogP contribution in [0.3, 0.4) is 0 Å². The summed E-state index contributed by atoms with van der Waals surface area (Å²) in [5.41, 5.74) is 2.25. The van der Waals surface area contributed by atoms with Crippen molar-refractivity contribution in [2.75, 3.05) is 32.8 Å². The van der Waals surface area contributed by atoms with Crippen molar-refractivity contribution >= 4 is 10.0 Å². The second-order valence-corrected chi connectivity index (χ2v) is 8.83. The van der Waals surface area contributed by atoms with Gasteiger partial charge in [-0.2, -0.15) is 0 Å². The summed E-state index contributed by atoms with van der Waals surface area (Å²) in [4.78, 5) is 2.55. The fraction of sp³-hybridized carbons (Fsp3) is 0.550. The summed E-state index contributed by atoms with van der Waals surface area (Å²) in [6.45, 7) is 9.53. The fourth-order valence-corrected chi connectivity index (χ4v) is 5.02. The van der Waals surface area contributed by atoms with Crippen LogP contribution in [0.25, 0.3) is 11.3 Å². The predicted octanol–water partition coefficient (Wildman–Crippen LogP) is 2.60. The SMILES string of the molecule is CCc1ccc(-c2cc(C)no2)cc1S(=O)(=O)NC(CC)CN1CCOCC1. The Morgan fingerprint density at radius 2 is 1.96 bits per heavy atom. The summed E-state index contributed by atoms with van der Waals surface area (Å²) < 4.78 is 40.0. The Balaban J connectivity index is 1.84. The third kappa shape index (κ3) is 5.00. The predicted molar refractivity (Wildman–Crippen MR) is 108 cm³/mol. The van der Waals surface area contributed by atoms with E-state index in [1.165, 1.54) is 0 Å². The first-order valence-corrected chi connectivity index (χ1v) is 11.3. The van der Waals surface area contributed by atoms with Gasteiger partial charge in [-0.1, -0.05) is 31.1 Å². The number of nitrogens with one attached hydrogen (secondary N) is 1. The molecule has 2 aromatic rings. The molecule has 1 aliphatic heterocycles. The number of sulfonamides is 1. The molecular formula is C20H29N3O4S. The Morgan fingerprint density at radius 1 is 1.21 bits per heavy atom. The highest BCUT2D eigenvalue weighted by Crippen LogP contribution is 2.26. The van der Waals surface area contributed by atoms with E-state index in [-0.39, 0.29) is 6.04 Å². The first-order valence-electron chi connectivity index (χ1n) is 9.82. The van der Waals surface area contributed by atoms with Crippen molar-refractivity contribution in [3.8, 4) is 11.3 Å². The lowest BCUT2D eigenvalue weighted by Gasteiger charge is -2.30. The first kappa shape index (κ1) is 21.0. The molecular weight excluding hydrogens is 378 g/mol. The summed E-state index contributed by atoms with van der Waals surface area (Å²) in [5.74, 6) is 0.567. The van der Waals surface area contributed by atoms with Crippen LogP contribution in [0.4, 0.5) is 0 Å². The molecule has 1 saturated heterocycles. The maximum Gasteiger partial charge on any atom is 0.241 e. The van der Waals surface area contributed by atoms with Crippen LogP contribution >= 0.6 is 0 Å². The van der Waals surface area contributed by atoms with E-state index in [1.54, 1.807) is 12.1 Å². The molecule has 1 atom stereocenters. The van der Waals surface area contributed by atoms with Gasteiger partial charge >= 0.3 is 0 Å². The monoisotopic (exact) mass is 407 g/mol. The number of morpholine rings is 1. The van der Waals surface area contributed by atoms with Gasteiger partial charge in [-0.25, -0.2) is 13.1 Å². The standard InChI is InChI=1S/C20H29N3O4S/c1-4-16-6-7-17(19-12-15(3)21-27-19)13-20(16)28(24,25)22-18(5-2)14-23-8-10-26-11-9-23/h6-7,12-13,18,22H,4-5,8-11,14H2,1-3H3. The van der Waals surface area contributed by atoms with Crippen molar-refractivity contribution in [1.82, 2.24) is 14.8 Å². The lowest BCUT2D eigenvalue weighted by Crippen LogP contribution is -2.47. The molecule has 7 nitrogen and oxygen atoms in total. The average Bonchev–Trinajstić information content (AvgIpc) is 3.14. The molecule has 1 N–H and O–H groups in total. The molecule has 1 aromatic heterocycles. The molecule has 1 aliphatic rings. The van der Waals surface area contributed by atoms with Crippen LogP contribution in [-0.4, -0.2) is 57.4 Å². The summed E-state index contributed by atoms with van der Waals surface area (Å²) in [6, 6.07) is 7.07. The average molecular weight is 408 g/mol. The molecule has 8 heteroatoms. The molecule has 1 unspecified atom stereocenters. The molecule has 0 saturated carbocycles. The van der Waals surface area contributed by atoms with Crippen LogP contribution in [0.1, 0.15) is 31.5 Å². The number of nitrogens with zero attached hydrogens (tertiary/aromatic N) is 2. The van der Waals surface area contributed by atoms with E-state index >= 15 is 0 Å². The third-order valence-electron chi connectivity index (χ3n) is 5.05. The molecule has 0 aliphatic carbocycles. The van der Waals surface area contributed by atoms with E-state index in [4.69, 9.17) is 9.26 Å². The van der Waals surface area contributed by atoms with Crippen LogP contribution in [0.2, 0.25) is 0 Å². The fourth-order valence-electron chi connectivity index (χ4n) is 3.38. The molecule has 0 spiro atoms. The Kier molecular flexibility index (Phi) is 6.87. The van der Waals surface area contributed by atoms with Crippen molar-refractivity contribution in [2.45, 2.75) is 44.6 Å². The normalized spacial score (nSPS) is 17.0. The molecule has 0 amide bonds. The zero-order valence-electron chi connectivity index (χ0n) is 16.8. The number of hydrogen-bond acceptors (Lipinski definition) is 6. The lowest BCUT2D eigenvalue weighted by atomic mass is 10.1. The van der Waals surface area contributed by atoms with Crippen LogP contribution < -0.4 is 4.72 Å². The van der Waals surface area contributed by atoms with Crippen molar-refractivity contribution in [1.29, 1.82) is 0 Å². The Labute approximate surface area is 167 Å². The zero-order chi connectivity index (χ0) is 20.1. The molecule has 1 fully saturated rings. The van der Waals surface area contributed by atoms with Crippen LogP contribution in [0, 0.1) is 6.92 Å². The van der Waals surface area contributed by atoms with Gasteiger partial charge in [0, 0.05) is 37.3 Å². The second kappa shape index (κ2) is 9.17. The quantitative estimate of drug-likeness (QED) is 0.724. The smallest absolute Gasteiger partial charge is 0.241 e. The van der Waals surface area contributed by atoms with E-state index in [9.17, 15) is 8.42 Å². The Bertz CT molecular complexity index is 889. The van der Waals surface area contributed by atoms with Crippen molar-refractivity contribution < 1.29 is 17.7 Å². The summed E-state index contributed by atoms with van der Waals surface area (Å²) in [7, 11) is -3.66. The van der Waals surface area contributed by atoms with E-state index in [2.05, 4.69) is 14.8 Å². The molecule has 0 radical (unpaired) electrons. The maximum absolute atomic E-state index is 13.2. The topological polar surface area (TPSA) is 84.7 Å². The number of ether oxygens (including phenoxy) is 1. The Hall–Kier alpha value is -1.74. The van der Waals surface area contributed by atoms with E-state index in [0.29, 0.717) is 42.4 Å². The number of hydrogen-bond donors (Lipinski definition) is 1. The van der Waals surface area contributed by atoms with Crippen LogP contribution in [0.5, 0.6) is 0 Å². The van der Waals surface area contributed by atoms with Gasteiger partial charge in [0.1, 0.15) is 0 Å². The van der Waals surface area contributed by atoms with Crippen molar-refractivity contribution in [2.24, 2.45) is 0 Å². The van der Waals surface area contributed by atoms with Crippen molar-refractivity contribution in [3.05, 3.63) is 35.5 Å². The minimum Gasteiger partial charge on any atom is -0.379 e. The van der Waals surface area contributed by atoms with E-state index in [0.717, 1.165) is 30.8 Å². The van der Waals surface area contributed by atoms with Gasteiger partial charge in [-0.3, -0.25) is 4.90 Å². The van der Waals surface area contributed by atoms with E-state index in [1.807, 2.05) is 32.9 Å². The number of aromatic nitrogens is 1. The first-order chi connectivity index (χ1) is 13.4.